The molecule has 5 aromatic rings. The number of rotatable bonds is 7. The standard InChI is InChI=1S/C31H28N4O3S2/c1-2-22-10-7-12-28-29(22)33-31(39-28)35(21-26-11-5-6-18-32-26)30(36)24-13-15-27(16-14-24)40(37,38)34-19-17-23-8-3-4-9-25(23)20-34/h3-16,18H,2,17,19-21H2,1H3. The molecule has 0 saturated carbocycles. The normalized spacial score (nSPS) is 13.7. The summed E-state index contributed by atoms with van der Waals surface area (Å²) in [6, 6.07) is 25.8. The van der Waals surface area contributed by atoms with Gasteiger partial charge < -0.3 is 0 Å². The van der Waals surface area contributed by atoms with Crippen molar-refractivity contribution in [1.82, 2.24) is 14.3 Å². The van der Waals surface area contributed by atoms with E-state index in [9.17, 15) is 13.2 Å². The van der Waals surface area contributed by atoms with Gasteiger partial charge in [-0.25, -0.2) is 13.4 Å². The maximum Gasteiger partial charge on any atom is 0.260 e. The maximum absolute atomic E-state index is 13.9. The number of benzene rings is 3. The Bertz CT molecular complexity index is 1780. The molecule has 40 heavy (non-hydrogen) atoms. The Morgan fingerprint density at radius 1 is 0.950 bits per heavy atom. The summed E-state index contributed by atoms with van der Waals surface area (Å²) in [5, 5.41) is 0.579. The number of aromatic nitrogens is 2. The van der Waals surface area contributed by atoms with Crippen LogP contribution in [-0.2, 0) is 36.0 Å². The van der Waals surface area contributed by atoms with E-state index in [1.54, 1.807) is 23.2 Å². The average molecular weight is 569 g/mol. The number of amides is 1. The SMILES string of the molecule is CCc1cccc2sc(N(Cc3ccccn3)C(=O)c3ccc(S(=O)(=O)N4CCc5ccccc5C4)cc3)nc12. The summed E-state index contributed by atoms with van der Waals surface area (Å²) >= 11 is 1.46. The van der Waals surface area contributed by atoms with Gasteiger partial charge in [0.2, 0.25) is 10.0 Å². The summed E-state index contributed by atoms with van der Waals surface area (Å²) in [4.78, 5) is 25.0. The number of fused-ring (bicyclic) bond motifs is 2. The van der Waals surface area contributed by atoms with Gasteiger partial charge in [0.15, 0.2) is 5.13 Å². The molecule has 0 spiro atoms. The number of nitrogens with zero attached hydrogens (tertiary/aromatic N) is 4. The first-order chi connectivity index (χ1) is 19.4. The fourth-order valence-electron chi connectivity index (χ4n) is 5.02. The maximum atomic E-state index is 13.9. The number of para-hydroxylation sites is 1. The van der Waals surface area contributed by atoms with Crippen LogP contribution in [-0.4, -0.2) is 35.1 Å². The second kappa shape index (κ2) is 10.9. The summed E-state index contributed by atoms with van der Waals surface area (Å²) in [5.41, 5.74) is 5.35. The molecule has 1 aliphatic heterocycles. The molecule has 6 rings (SSSR count). The zero-order chi connectivity index (χ0) is 27.7. The van der Waals surface area contributed by atoms with Crippen LogP contribution in [0.5, 0.6) is 0 Å². The highest BCUT2D eigenvalue weighted by molar-refractivity contribution is 7.89. The number of hydrogen-bond acceptors (Lipinski definition) is 6. The monoisotopic (exact) mass is 568 g/mol. The molecule has 0 unspecified atom stereocenters. The van der Waals surface area contributed by atoms with Crippen molar-refractivity contribution >= 4 is 42.6 Å². The third-order valence-electron chi connectivity index (χ3n) is 7.23. The lowest BCUT2D eigenvalue weighted by Crippen LogP contribution is -2.36. The first kappa shape index (κ1) is 26.3. The zero-order valence-corrected chi connectivity index (χ0v) is 23.7. The first-order valence-electron chi connectivity index (χ1n) is 13.2. The summed E-state index contributed by atoms with van der Waals surface area (Å²) in [6.45, 7) is 3.10. The number of thiazole rings is 1. The molecule has 0 bridgehead atoms. The lowest BCUT2D eigenvalue weighted by Gasteiger charge is -2.28. The fraction of sp³-hybridized carbons (Fsp3) is 0.194. The van der Waals surface area contributed by atoms with E-state index in [1.165, 1.54) is 33.3 Å². The van der Waals surface area contributed by atoms with Crippen LogP contribution in [0.25, 0.3) is 10.2 Å². The van der Waals surface area contributed by atoms with Gasteiger partial charge in [-0.15, -0.1) is 0 Å². The number of pyridine rings is 1. The fourth-order valence-corrected chi connectivity index (χ4v) is 7.45. The second-order valence-electron chi connectivity index (χ2n) is 9.71. The molecule has 1 amide bonds. The molecule has 0 N–H and O–H groups in total. The van der Waals surface area contributed by atoms with Gasteiger partial charge in [0, 0.05) is 24.8 Å². The van der Waals surface area contributed by atoms with E-state index in [-0.39, 0.29) is 17.3 Å². The van der Waals surface area contributed by atoms with Crippen molar-refractivity contribution < 1.29 is 13.2 Å². The Hall–Kier alpha value is -3.92. The molecule has 0 fully saturated rings. The molecule has 3 heterocycles. The lowest BCUT2D eigenvalue weighted by atomic mass is 10.0. The predicted molar refractivity (Wildman–Crippen MR) is 158 cm³/mol. The van der Waals surface area contributed by atoms with Gasteiger partial charge in [-0.1, -0.05) is 60.7 Å². The van der Waals surface area contributed by atoms with Crippen LogP contribution in [0.2, 0.25) is 0 Å². The highest BCUT2D eigenvalue weighted by atomic mass is 32.2. The van der Waals surface area contributed by atoms with Crippen LogP contribution in [0, 0.1) is 0 Å². The average Bonchev–Trinajstić information content (AvgIpc) is 3.44. The van der Waals surface area contributed by atoms with Crippen LogP contribution in [0.3, 0.4) is 0 Å². The minimum Gasteiger partial charge on any atom is -0.278 e. The molecular weight excluding hydrogens is 541 g/mol. The minimum absolute atomic E-state index is 0.173. The highest BCUT2D eigenvalue weighted by Crippen LogP contribution is 2.33. The summed E-state index contributed by atoms with van der Waals surface area (Å²) in [6.07, 6.45) is 3.22. The van der Waals surface area contributed by atoms with Gasteiger partial charge in [0.1, 0.15) is 0 Å². The Morgan fingerprint density at radius 3 is 2.48 bits per heavy atom. The van der Waals surface area contributed by atoms with Crippen LogP contribution >= 0.6 is 11.3 Å². The van der Waals surface area contributed by atoms with Crippen molar-refractivity contribution in [3.63, 3.8) is 0 Å². The lowest BCUT2D eigenvalue weighted by molar-refractivity contribution is 0.0984. The highest BCUT2D eigenvalue weighted by Gasteiger charge is 2.29. The number of hydrogen-bond donors (Lipinski definition) is 0. The molecule has 202 valence electrons. The van der Waals surface area contributed by atoms with Crippen LogP contribution in [0.1, 0.15) is 39.7 Å². The number of sulfonamides is 1. The summed E-state index contributed by atoms with van der Waals surface area (Å²) in [7, 11) is -3.71. The molecule has 0 saturated heterocycles. The molecule has 2 aromatic heterocycles. The quantitative estimate of drug-likeness (QED) is 0.246. The van der Waals surface area contributed by atoms with Crippen molar-refractivity contribution in [3.8, 4) is 0 Å². The van der Waals surface area contributed by atoms with E-state index in [0.29, 0.717) is 30.2 Å². The molecule has 1 aliphatic rings. The molecule has 3 aromatic carbocycles. The number of aryl methyl sites for hydroxylation is 1. The Morgan fingerprint density at radius 2 is 1.73 bits per heavy atom. The Labute approximate surface area is 237 Å². The predicted octanol–water partition coefficient (Wildman–Crippen LogP) is 5.85. The van der Waals surface area contributed by atoms with Crippen molar-refractivity contribution in [2.24, 2.45) is 0 Å². The molecule has 9 heteroatoms. The van der Waals surface area contributed by atoms with E-state index >= 15 is 0 Å². The number of carbonyl (C=O) groups is 1. The third-order valence-corrected chi connectivity index (χ3v) is 10.1. The number of carbonyl (C=O) groups excluding carboxylic acids is 1. The molecule has 7 nitrogen and oxygen atoms in total. The van der Waals surface area contributed by atoms with Gasteiger partial charge in [0.05, 0.1) is 27.4 Å². The van der Waals surface area contributed by atoms with Crippen LogP contribution in [0.4, 0.5) is 5.13 Å². The first-order valence-corrected chi connectivity index (χ1v) is 15.5. The molecule has 0 radical (unpaired) electrons. The largest absolute Gasteiger partial charge is 0.278 e. The van der Waals surface area contributed by atoms with E-state index in [2.05, 4.69) is 18.0 Å². The van der Waals surface area contributed by atoms with Gasteiger partial charge in [-0.2, -0.15) is 4.31 Å². The van der Waals surface area contributed by atoms with E-state index in [1.807, 2.05) is 54.6 Å². The Balaban J connectivity index is 1.30. The van der Waals surface area contributed by atoms with Crippen molar-refractivity contribution in [1.29, 1.82) is 0 Å². The Kier molecular flexibility index (Phi) is 7.18. The number of anilines is 1. The van der Waals surface area contributed by atoms with Gasteiger partial charge in [-0.05, 0) is 72.0 Å². The van der Waals surface area contributed by atoms with Crippen molar-refractivity contribution in [2.45, 2.75) is 37.8 Å². The minimum atomic E-state index is -3.71. The van der Waals surface area contributed by atoms with E-state index in [4.69, 9.17) is 4.98 Å². The molecule has 0 aliphatic carbocycles. The topological polar surface area (TPSA) is 83.5 Å². The van der Waals surface area contributed by atoms with Gasteiger partial charge in [0.25, 0.3) is 5.91 Å². The van der Waals surface area contributed by atoms with Crippen molar-refractivity contribution in [3.05, 3.63) is 119 Å². The second-order valence-corrected chi connectivity index (χ2v) is 12.7. The third kappa shape index (κ3) is 5.03. The van der Waals surface area contributed by atoms with Crippen LogP contribution < -0.4 is 4.90 Å². The smallest absolute Gasteiger partial charge is 0.260 e. The van der Waals surface area contributed by atoms with E-state index < -0.39 is 10.0 Å². The molecule has 0 atom stereocenters. The van der Waals surface area contributed by atoms with Crippen molar-refractivity contribution in [2.75, 3.05) is 11.4 Å². The summed E-state index contributed by atoms with van der Waals surface area (Å²) < 4.78 is 29.4. The summed E-state index contributed by atoms with van der Waals surface area (Å²) in [5.74, 6) is -0.265. The van der Waals surface area contributed by atoms with E-state index in [0.717, 1.165) is 33.5 Å². The van der Waals surface area contributed by atoms with Crippen LogP contribution in [0.15, 0.2) is 96.0 Å². The van der Waals surface area contributed by atoms with Gasteiger partial charge in [-0.3, -0.25) is 14.7 Å². The molecular formula is C31H28N4O3S2. The zero-order valence-electron chi connectivity index (χ0n) is 22.0. The van der Waals surface area contributed by atoms with Gasteiger partial charge >= 0.3 is 0 Å².